The number of pyridine rings is 1. The van der Waals surface area contributed by atoms with Crippen molar-refractivity contribution in [3.05, 3.63) is 16.7 Å². The largest absolute Gasteiger partial charge is 0.408 e. The topological polar surface area (TPSA) is 43.6 Å². The van der Waals surface area contributed by atoms with Crippen LogP contribution in [0.4, 0.5) is 13.2 Å². The smallest absolute Gasteiger partial charge is 0.220 e. The summed E-state index contributed by atoms with van der Waals surface area (Å²) >= 11 is 3.07. The summed E-state index contributed by atoms with van der Waals surface area (Å²) in [4.78, 5) is 3.87. The molecule has 8 heteroatoms. The quantitative estimate of drug-likeness (QED) is 0.752. The predicted octanol–water partition coefficient (Wildman–Crippen LogP) is 2.15. The lowest BCUT2D eigenvalue weighted by Crippen LogP contribution is -2.18. The Morgan fingerprint density at radius 1 is 1.33 bits per heavy atom. The monoisotopic (exact) mass is 280 g/mol. The van der Waals surface area contributed by atoms with Crippen molar-refractivity contribution in [2.45, 2.75) is 12.7 Å². The summed E-state index contributed by atoms with van der Waals surface area (Å²) in [6.07, 6.45) is -4.33. The lowest BCUT2D eigenvalue weighted by Gasteiger charge is -2.05. The third kappa shape index (κ3) is 2.25. The molecule has 0 saturated heterocycles. The molecule has 2 aromatic heterocycles. The fourth-order valence-corrected chi connectivity index (χ4v) is 1.41. The highest BCUT2D eigenvalue weighted by molar-refractivity contribution is 9.10. The van der Waals surface area contributed by atoms with E-state index in [4.69, 9.17) is 0 Å². The van der Waals surface area contributed by atoms with Crippen LogP contribution in [0.3, 0.4) is 0 Å². The Hall–Kier alpha value is -1.18. The van der Waals surface area contributed by atoms with E-state index in [-0.39, 0.29) is 5.65 Å². The number of aromatic nitrogens is 4. The van der Waals surface area contributed by atoms with Crippen LogP contribution in [0.5, 0.6) is 0 Å². The molecular weight excluding hydrogens is 277 g/mol. The van der Waals surface area contributed by atoms with E-state index >= 15 is 0 Å². The Balaban J connectivity index is 2.48. The van der Waals surface area contributed by atoms with Gasteiger partial charge in [0.2, 0.25) is 0 Å². The Morgan fingerprint density at radius 2 is 2.07 bits per heavy atom. The van der Waals surface area contributed by atoms with E-state index in [0.717, 1.165) is 4.68 Å². The molecule has 0 saturated carbocycles. The van der Waals surface area contributed by atoms with E-state index in [1.807, 2.05) is 0 Å². The van der Waals surface area contributed by atoms with Crippen LogP contribution in [0, 0.1) is 0 Å². The molecule has 80 valence electrons. The Labute approximate surface area is 90.2 Å². The molecular formula is C7H4BrF3N4. The van der Waals surface area contributed by atoms with E-state index in [1.54, 1.807) is 12.1 Å². The second-order valence-corrected chi connectivity index (χ2v) is 3.65. The first-order valence-electron chi connectivity index (χ1n) is 3.88. The van der Waals surface area contributed by atoms with Gasteiger partial charge in [0.15, 0.2) is 5.65 Å². The third-order valence-electron chi connectivity index (χ3n) is 1.65. The van der Waals surface area contributed by atoms with Gasteiger partial charge in [-0.15, -0.1) is 5.10 Å². The summed E-state index contributed by atoms with van der Waals surface area (Å²) in [5.41, 5.74) is 0.448. The number of alkyl halides is 3. The van der Waals surface area contributed by atoms with Crippen molar-refractivity contribution in [1.29, 1.82) is 0 Å². The van der Waals surface area contributed by atoms with Gasteiger partial charge in [-0.2, -0.15) is 13.2 Å². The van der Waals surface area contributed by atoms with Gasteiger partial charge in [-0.1, -0.05) is 5.21 Å². The molecule has 15 heavy (non-hydrogen) atoms. The first-order chi connectivity index (χ1) is 6.96. The maximum absolute atomic E-state index is 12.1. The van der Waals surface area contributed by atoms with E-state index in [9.17, 15) is 13.2 Å². The van der Waals surface area contributed by atoms with Crippen molar-refractivity contribution in [3.63, 3.8) is 0 Å². The van der Waals surface area contributed by atoms with Gasteiger partial charge in [-0.25, -0.2) is 9.67 Å². The molecule has 2 aromatic rings. The van der Waals surface area contributed by atoms with Crippen LogP contribution in [0.2, 0.25) is 0 Å². The molecule has 0 aliphatic rings. The molecule has 0 atom stereocenters. The Kier molecular flexibility index (Phi) is 2.37. The summed E-state index contributed by atoms with van der Waals surface area (Å²) in [7, 11) is 0. The minimum absolute atomic E-state index is 0.113. The summed E-state index contributed by atoms with van der Waals surface area (Å²) < 4.78 is 37.5. The molecule has 0 fully saturated rings. The van der Waals surface area contributed by atoms with Crippen molar-refractivity contribution in [3.8, 4) is 0 Å². The van der Waals surface area contributed by atoms with E-state index in [0.29, 0.717) is 10.1 Å². The van der Waals surface area contributed by atoms with Crippen molar-refractivity contribution >= 4 is 27.1 Å². The second kappa shape index (κ2) is 3.44. The number of nitrogens with zero attached hydrogens (tertiary/aromatic N) is 4. The van der Waals surface area contributed by atoms with Crippen LogP contribution < -0.4 is 0 Å². The van der Waals surface area contributed by atoms with Gasteiger partial charge >= 0.3 is 6.18 Å². The summed E-state index contributed by atoms with van der Waals surface area (Å²) in [5, 5.41) is 6.96. The van der Waals surface area contributed by atoms with Crippen LogP contribution in [-0.4, -0.2) is 26.2 Å². The highest BCUT2D eigenvalue weighted by Crippen LogP contribution is 2.20. The molecule has 0 unspecified atom stereocenters. The minimum atomic E-state index is -4.33. The number of fused-ring (bicyclic) bond motifs is 1. The van der Waals surface area contributed by atoms with Crippen molar-refractivity contribution < 1.29 is 13.2 Å². The van der Waals surface area contributed by atoms with Crippen molar-refractivity contribution in [2.75, 3.05) is 0 Å². The van der Waals surface area contributed by atoms with Gasteiger partial charge in [-0.3, -0.25) is 0 Å². The van der Waals surface area contributed by atoms with Crippen LogP contribution in [-0.2, 0) is 6.54 Å². The maximum atomic E-state index is 12.1. The molecule has 0 aliphatic carbocycles. The molecule has 0 bridgehead atoms. The third-order valence-corrected chi connectivity index (χ3v) is 2.10. The van der Waals surface area contributed by atoms with Crippen LogP contribution in [0.25, 0.3) is 11.2 Å². The maximum Gasteiger partial charge on any atom is 0.408 e. The number of rotatable bonds is 1. The minimum Gasteiger partial charge on any atom is -0.220 e. The molecule has 2 heterocycles. The second-order valence-electron chi connectivity index (χ2n) is 2.84. The van der Waals surface area contributed by atoms with Crippen molar-refractivity contribution in [2.24, 2.45) is 0 Å². The van der Waals surface area contributed by atoms with Gasteiger partial charge < -0.3 is 0 Å². The molecule has 0 N–H and O–H groups in total. The predicted molar refractivity (Wildman–Crippen MR) is 49.1 cm³/mol. The highest BCUT2D eigenvalue weighted by atomic mass is 79.9. The molecule has 0 amide bonds. The fourth-order valence-electron chi connectivity index (χ4n) is 1.11. The zero-order valence-corrected chi connectivity index (χ0v) is 8.75. The average molecular weight is 281 g/mol. The molecule has 0 radical (unpaired) electrons. The first kappa shape index (κ1) is 10.3. The van der Waals surface area contributed by atoms with E-state index < -0.39 is 12.7 Å². The van der Waals surface area contributed by atoms with Crippen LogP contribution in [0.15, 0.2) is 16.7 Å². The van der Waals surface area contributed by atoms with Gasteiger partial charge in [0.1, 0.15) is 16.7 Å². The van der Waals surface area contributed by atoms with Crippen molar-refractivity contribution in [1.82, 2.24) is 20.0 Å². The summed E-state index contributed by atoms with van der Waals surface area (Å²) in [6, 6.07) is 3.14. The van der Waals surface area contributed by atoms with Gasteiger partial charge in [-0.05, 0) is 28.1 Å². The first-order valence-corrected chi connectivity index (χ1v) is 4.67. The average Bonchev–Trinajstić information content (AvgIpc) is 2.46. The summed E-state index contributed by atoms with van der Waals surface area (Å²) in [6.45, 7) is -1.19. The van der Waals surface area contributed by atoms with Gasteiger partial charge in [0.05, 0.1) is 0 Å². The molecule has 4 nitrogen and oxygen atoms in total. The molecule has 0 spiro atoms. The van der Waals surface area contributed by atoms with Crippen LogP contribution >= 0.6 is 15.9 Å². The highest BCUT2D eigenvalue weighted by Gasteiger charge is 2.29. The molecule has 2 rings (SSSR count). The molecule has 0 aliphatic heterocycles. The zero-order valence-electron chi connectivity index (χ0n) is 7.16. The number of hydrogen-bond acceptors (Lipinski definition) is 3. The summed E-state index contributed by atoms with van der Waals surface area (Å²) in [5.74, 6) is 0. The standard InChI is InChI=1S/C7H4BrF3N4/c8-5-2-1-4-6(12-5)15(14-13-4)3-7(9,10)11/h1-2H,3H2. The zero-order chi connectivity index (χ0) is 11.1. The fraction of sp³-hybridized carbons (Fsp3) is 0.286. The Morgan fingerprint density at radius 3 is 2.73 bits per heavy atom. The lowest BCUT2D eigenvalue weighted by molar-refractivity contribution is -0.142. The van der Waals surface area contributed by atoms with Gasteiger partial charge in [0.25, 0.3) is 0 Å². The normalized spacial score (nSPS) is 12.3. The molecule has 0 aromatic carbocycles. The van der Waals surface area contributed by atoms with Gasteiger partial charge in [0, 0.05) is 0 Å². The van der Waals surface area contributed by atoms with E-state index in [2.05, 4.69) is 31.2 Å². The number of hydrogen-bond donors (Lipinski definition) is 0. The van der Waals surface area contributed by atoms with E-state index in [1.165, 1.54) is 0 Å². The SMILES string of the molecule is FC(F)(F)Cn1nnc2ccc(Br)nc21. The van der Waals surface area contributed by atoms with Crippen LogP contribution in [0.1, 0.15) is 0 Å². The lowest BCUT2D eigenvalue weighted by atomic mass is 10.4. The Bertz CT molecular complexity index is 492. The number of halogens is 4.